The SMILES string of the molecule is COC1C[C@@H]2CC(C(=O)N3CCC(c4n[nH]c(=O)o4)CC3)C[C@H]12. The van der Waals surface area contributed by atoms with Gasteiger partial charge in [0.05, 0.1) is 6.10 Å². The molecule has 2 unspecified atom stereocenters. The Balaban J connectivity index is 1.32. The number of carbonyl (C=O) groups excluding carboxylic acids is 1. The van der Waals surface area contributed by atoms with Crippen molar-refractivity contribution in [3.63, 3.8) is 0 Å². The van der Waals surface area contributed by atoms with Crippen molar-refractivity contribution in [1.82, 2.24) is 15.1 Å². The van der Waals surface area contributed by atoms with Crippen molar-refractivity contribution < 1.29 is 13.9 Å². The van der Waals surface area contributed by atoms with Crippen LogP contribution in [0.1, 0.15) is 43.9 Å². The molecule has 1 aliphatic heterocycles. The first-order valence-corrected chi connectivity index (χ1v) is 8.52. The molecule has 23 heavy (non-hydrogen) atoms. The van der Waals surface area contributed by atoms with Gasteiger partial charge in [-0.15, -0.1) is 5.10 Å². The van der Waals surface area contributed by atoms with E-state index >= 15 is 0 Å². The van der Waals surface area contributed by atoms with Crippen molar-refractivity contribution in [2.75, 3.05) is 20.2 Å². The van der Waals surface area contributed by atoms with E-state index in [9.17, 15) is 9.59 Å². The van der Waals surface area contributed by atoms with Crippen LogP contribution in [0, 0.1) is 17.8 Å². The lowest BCUT2D eigenvalue weighted by Crippen LogP contribution is -2.41. The minimum absolute atomic E-state index is 0.135. The highest BCUT2D eigenvalue weighted by molar-refractivity contribution is 5.79. The molecule has 3 fully saturated rings. The number of amides is 1. The first-order valence-electron chi connectivity index (χ1n) is 8.52. The van der Waals surface area contributed by atoms with Crippen LogP contribution >= 0.6 is 0 Å². The maximum Gasteiger partial charge on any atom is 0.434 e. The van der Waals surface area contributed by atoms with E-state index < -0.39 is 5.76 Å². The number of likely N-dealkylation sites (tertiary alicyclic amines) is 1. The van der Waals surface area contributed by atoms with Crippen molar-refractivity contribution >= 4 is 5.91 Å². The van der Waals surface area contributed by atoms with E-state index in [0.29, 0.717) is 29.7 Å². The zero-order chi connectivity index (χ0) is 16.0. The molecule has 1 saturated heterocycles. The third kappa shape index (κ3) is 2.60. The molecular formula is C16H23N3O4. The van der Waals surface area contributed by atoms with Crippen molar-refractivity contribution in [3.05, 3.63) is 16.4 Å². The van der Waals surface area contributed by atoms with E-state index in [0.717, 1.165) is 45.2 Å². The standard InChI is InChI=1S/C16H23N3O4/c1-22-13-8-10-6-11(7-12(10)13)15(20)19-4-2-9(3-5-19)14-17-18-16(21)23-14/h9-13H,2-8H2,1H3,(H,18,21)/t10-,11?,12-,13?/m0/s1. The molecule has 7 heteroatoms. The predicted octanol–water partition coefficient (Wildman–Crippen LogP) is 1.13. The summed E-state index contributed by atoms with van der Waals surface area (Å²) in [5.74, 6) is 1.85. The number of hydrogen-bond donors (Lipinski definition) is 1. The number of nitrogens with zero attached hydrogens (tertiary/aromatic N) is 2. The zero-order valence-electron chi connectivity index (χ0n) is 13.4. The Morgan fingerprint density at radius 2 is 2.09 bits per heavy atom. The number of piperidine rings is 1. The predicted molar refractivity (Wildman–Crippen MR) is 80.8 cm³/mol. The van der Waals surface area contributed by atoms with Crippen LogP contribution < -0.4 is 5.76 Å². The fraction of sp³-hybridized carbons (Fsp3) is 0.812. The van der Waals surface area contributed by atoms with Gasteiger partial charge in [0.1, 0.15) is 0 Å². The van der Waals surface area contributed by atoms with Crippen LogP contribution in [0.2, 0.25) is 0 Å². The summed E-state index contributed by atoms with van der Waals surface area (Å²) in [5, 5.41) is 6.22. The number of ether oxygens (including phenoxy) is 1. The van der Waals surface area contributed by atoms with E-state index in [4.69, 9.17) is 9.15 Å². The molecule has 2 aliphatic carbocycles. The quantitative estimate of drug-likeness (QED) is 0.901. The third-order valence-electron chi connectivity index (χ3n) is 6.02. The number of hydrogen-bond acceptors (Lipinski definition) is 5. The molecule has 0 bridgehead atoms. The summed E-state index contributed by atoms with van der Waals surface area (Å²) in [5.41, 5.74) is 0. The summed E-state index contributed by atoms with van der Waals surface area (Å²) in [6, 6.07) is 0. The van der Waals surface area contributed by atoms with Crippen LogP contribution in [-0.4, -0.2) is 47.3 Å². The van der Waals surface area contributed by atoms with E-state index in [-0.39, 0.29) is 11.8 Å². The molecule has 4 rings (SSSR count). The fourth-order valence-electron chi connectivity index (χ4n) is 4.65. The molecule has 1 aromatic rings. The van der Waals surface area contributed by atoms with Gasteiger partial charge in [-0.2, -0.15) is 0 Å². The summed E-state index contributed by atoms with van der Waals surface area (Å²) in [7, 11) is 1.77. The topological polar surface area (TPSA) is 88.4 Å². The molecule has 0 spiro atoms. The molecule has 2 saturated carbocycles. The molecule has 1 aromatic heterocycles. The number of aromatic amines is 1. The van der Waals surface area contributed by atoms with Gasteiger partial charge in [0, 0.05) is 32.0 Å². The van der Waals surface area contributed by atoms with Crippen molar-refractivity contribution in [2.45, 2.75) is 44.1 Å². The molecule has 1 N–H and O–H groups in total. The second-order valence-corrected chi connectivity index (χ2v) is 7.15. The smallest absolute Gasteiger partial charge is 0.392 e. The number of aromatic nitrogens is 2. The Morgan fingerprint density at radius 1 is 1.30 bits per heavy atom. The van der Waals surface area contributed by atoms with E-state index in [1.807, 2.05) is 4.90 Å². The Morgan fingerprint density at radius 3 is 2.74 bits per heavy atom. The molecule has 0 aromatic carbocycles. The number of methoxy groups -OCH3 is 1. The monoisotopic (exact) mass is 321 g/mol. The van der Waals surface area contributed by atoms with Crippen molar-refractivity contribution in [2.24, 2.45) is 17.8 Å². The van der Waals surface area contributed by atoms with Crippen LogP contribution in [0.3, 0.4) is 0 Å². The Hall–Kier alpha value is -1.63. The lowest BCUT2D eigenvalue weighted by molar-refractivity contribution is -0.136. The van der Waals surface area contributed by atoms with E-state index in [1.165, 1.54) is 0 Å². The normalized spacial score (nSPS) is 34.2. The lowest BCUT2D eigenvalue weighted by Gasteiger charge is -2.39. The highest BCUT2D eigenvalue weighted by Crippen LogP contribution is 2.51. The molecule has 7 nitrogen and oxygen atoms in total. The average Bonchev–Trinajstić information content (AvgIpc) is 3.12. The van der Waals surface area contributed by atoms with Crippen LogP contribution in [-0.2, 0) is 9.53 Å². The first-order chi connectivity index (χ1) is 11.2. The average molecular weight is 321 g/mol. The van der Waals surface area contributed by atoms with Crippen molar-refractivity contribution in [3.8, 4) is 0 Å². The van der Waals surface area contributed by atoms with Gasteiger partial charge < -0.3 is 14.1 Å². The molecular weight excluding hydrogens is 298 g/mol. The summed E-state index contributed by atoms with van der Waals surface area (Å²) in [6.07, 6.45) is 5.10. The van der Waals surface area contributed by atoms with Gasteiger partial charge in [0.15, 0.2) is 0 Å². The number of rotatable bonds is 3. The van der Waals surface area contributed by atoms with Crippen LogP contribution in [0.4, 0.5) is 0 Å². The van der Waals surface area contributed by atoms with Gasteiger partial charge in [0.2, 0.25) is 11.8 Å². The second-order valence-electron chi connectivity index (χ2n) is 7.15. The molecule has 126 valence electrons. The molecule has 3 aliphatic rings. The first kappa shape index (κ1) is 14.9. The van der Waals surface area contributed by atoms with Crippen molar-refractivity contribution in [1.29, 1.82) is 0 Å². The van der Waals surface area contributed by atoms with Gasteiger partial charge in [0.25, 0.3) is 0 Å². The number of H-pyrrole nitrogens is 1. The summed E-state index contributed by atoms with van der Waals surface area (Å²) in [4.78, 5) is 25.8. The highest BCUT2D eigenvalue weighted by atomic mass is 16.5. The Kier molecular flexibility index (Phi) is 3.75. The number of fused-ring (bicyclic) bond motifs is 1. The summed E-state index contributed by atoms with van der Waals surface area (Å²) >= 11 is 0. The minimum atomic E-state index is -0.507. The highest BCUT2D eigenvalue weighted by Gasteiger charge is 2.50. The van der Waals surface area contributed by atoms with Gasteiger partial charge in [-0.3, -0.25) is 4.79 Å². The van der Waals surface area contributed by atoms with Crippen LogP contribution in [0.5, 0.6) is 0 Å². The van der Waals surface area contributed by atoms with Gasteiger partial charge in [-0.1, -0.05) is 0 Å². The Bertz CT molecular complexity index is 631. The molecule has 1 amide bonds. The largest absolute Gasteiger partial charge is 0.434 e. The van der Waals surface area contributed by atoms with Gasteiger partial charge in [-0.25, -0.2) is 9.89 Å². The maximum atomic E-state index is 12.8. The second kappa shape index (κ2) is 5.78. The van der Waals surface area contributed by atoms with E-state index in [2.05, 4.69) is 10.2 Å². The number of nitrogens with one attached hydrogen (secondary N) is 1. The molecule has 4 atom stereocenters. The maximum absolute atomic E-state index is 12.8. The summed E-state index contributed by atoms with van der Waals surface area (Å²) in [6.45, 7) is 1.44. The van der Waals surface area contributed by atoms with Gasteiger partial charge in [-0.05, 0) is 43.9 Å². The summed E-state index contributed by atoms with van der Waals surface area (Å²) < 4.78 is 10.5. The minimum Gasteiger partial charge on any atom is -0.392 e. The third-order valence-corrected chi connectivity index (χ3v) is 6.02. The molecule has 2 heterocycles. The van der Waals surface area contributed by atoms with Gasteiger partial charge >= 0.3 is 5.76 Å². The Labute approximate surface area is 134 Å². The van der Waals surface area contributed by atoms with Crippen LogP contribution in [0.25, 0.3) is 0 Å². The number of carbonyl (C=O) groups is 1. The lowest BCUT2D eigenvalue weighted by atomic mass is 9.73. The van der Waals surface area contributed by atoms with E-state index in [1.54, 1.807) is 7.11 Å². The zero-order valence-corrected chi connectivity index (χ0v) is 13.4. The van der Waals surface area contributed by atoms with Crippen LogP contribution in [0.15, 0.2) is 9.21 Å². The fourth-order valence-corrected chi connectivity index (χ4v) is 4.65. The molecule has 0 radical (unpaired) electrons.